The Hall–Kier alpha value is -2.82. The van der Waals surface area contributed by atoms with Crippen LogP contribution in [0, 0.1) is 0 Å². The van der Waals surface area contributed by atoms with Crippen molar-refractivity contribution in [1.82, 2.24) is 0 Å². The van der Waals surface area contributed by atoms with E-state index in [1.54, 1.807) is 19.1 Å². The number of ether oxygens (including phenoxy) is 2. The van der Waals surface area contributed by atoms with Gasteiger partial charge in [0.2, 0.25) is 5.60 Å². The van der Waals surface area contributed by atoms with E-state index in [-0.39, 0.29) is 24.2 Å². The number of fused-ring (bicyclic) bond motifs is 2. The second-order valence-corrected chi connectivity index (χ2v) is 6.12. The predicted molar refractivity (Wildman–Crippen MR) is 88.0 cm³/mol. The lowest BCUT2D eigenvalue weighted by atomic mass is 9.78. The number of methoxy groups -OCH3 is 1. The number of likely N-dealkylation sites (N-methyl/N-ethyl adjacent to an activating group) is 1. The number of benzene rings is 2. The Morgan fingerprint density at radius 2 is 1.83 bits per heavy atom. The number of hydrogen-bond acceptors (Lipinski definition) is 4. The van der Waals surface area contributed by atoms with Crippen LogP contribution in [0.4, 0.5) is 5.69 Å². The molecule has 2 aromatic carbocycles. The average Bonchev–Trinajstić information content (AvgIpc) is 3.07. The minimum absolute atomic E-state index is 0.181. The van der Waals surface area contributed by atoms with Gasteiger partial charge in [-0.05, 0) is 23.8 Å². The molecule has 122 valence electrons. The SMILES string of the molecule is COc1ccc([C@@H]2CC(=O)O[C@@]23C(=O)N(C)c2ccccc23)cc1. The van der Waals surface area contributed by atoms with Gasteiger partial charge in [0.15, 0.2) is 0 Å². The van der Waals surface area contributed by atoms with Crippen LogP contribution in [0.1, 0.15) is 23.5 Å². The Morgan fingerprint density at radius 1 is 1.12 bits per heavy atom. The molecule has 2 atom stereocenters. The fourth-order valence-corrected chi connectivity index (χ4v) is 3.78. The highest BCUT2D eigenvalue weighted by atomic mass is 16.6. The Balaban J connectivity index is 1.88. The van der Waals surface area contributed by atoms with Crippen molar-refractivity contribution < 1.29 is 19.1 Å². The summed E-state index contributed by atoms with van der Waals surface area (Å²) >= 11 is 0. The lowest BCUT2D eigenvalue weighted by molar-refractivity contribution is -0.157. The topological polar surface area (TPSA) is 55.8 Å². The van der Waals surface area contributed by atoms with Gasteiger partial charge in [-0.25, -0.2) is 0 Å². The standard InChI is InChI=1S/C19H17NO4/c1-20-16-6-4-3-5-14(16)19(18(20)22)15(11-17(21)24-19)12-7-9-13(23-2)10-8-12/h3-10,15H,11H2,1-2H3/t15-,19+/m0/s1. The van der Waals surface area contributed by atoms with E-state index in [2.05, 4.69) is 0 Å². The molecule has 2 aliphatic heterocycles. The van der Waals surface area contributed by atoms with E-state index >= 15 is 0 Å². The number of anilines is 1. The van der Waals surface area contributed by atoms with Gasteiger partial charge in [0.1, 0.15) is 5.75 Å². The zero-order valence-corrected chi connectivity index (χ0v) is 13.5. The van der Waals surface area contributed by atoms with Crippen molar-refractivity contribution in [2.75, 3.05) is 19.1 Å². The molecule has 5 heteroatoms. The van der Waals surface area contributed by atoms with E-state index in [4.69, 9.17) is 9.47 Å². The molecule has 1 spiro atoms. The number of nitrogens with zero attached hydrogens (tertiary/aromatic N) is 1. The van der Waals surface area contributed by atoms with Crippen LogP contribution in [0.5, 0.6) is 5.75 Å². The van der Waals surface area contributed by atoms with E-state index in [1.165, 1.54) is 0 Å². The van der Waals surface area contributed by atoms with Crippen LogP contribution in [0.25, 0.3) is 0 Å². The summed E-state index contributed by atoms with van der Waals surface area (Å²) in [5.41, 5.74) is 1.16. The molecule has 2 heterocycles. The van der Waals surface area contributed by atoms with Crippen molar-refractivity contribution >= 4 is 17.6 Å². The molecule has 2 aromatic rings. The summed E-state index contributed by atoms with van der Waals surface area (Å²) in [5.74, 6) is -0.174. The molecule has 1 fully saturated rings. The summed E-state index contributed by atoms with van der Waals surface area (Å²) in [5, 5.41) is 0. The van der Waals surface area contributed by atoms with Gasteiger partial charge in [-0.1, -0.05) is 30.3 Å². The van der Waals surface area contributed by atoms with Gasteiger partial charge >= 0.3 is 5.97 Å². The fourth-order valence-electron chi connectivity index (χ4n) is 3.78. The van der Waals surface area contributed by atoms with Gasteiger partial charge in [0, 0.05) is 18.5 Å². The van der Waals surface area contributed by atoms with Crippen LogP contribution in [-0.2, 0) is 19.9 Å². The Morgan fingerprint density at radius 3 is 2.54 bits per heavy atom. The van der Waals surface area contributed by atoms with Gasteiger partial charge in [-0.3, -0.25) is 9.59 Å². The van der Waals surface area contributed by atoms with E-state index in [9.17, 15) is 9.59 Å². The molecule has 0 N–H and O–H groups in total. The van der Waals surface area contributed by atoms with E-state index < -0.39 is 5.60 Å². The molecule has 4 rings (SSSR count). The molecular formula is C19H17NO4. The summed E-state index contributed by atoms with van der Waals surface area (Å²) in [6, 6.07) is 14.9. The summed E-state index contributed by atoms with van der Waals surface area (Å²) in [4.78, 5) is 26.8. The lowest BCUT2D eigenvalue weighted by Crippen LogP contribution is -2.42. The molecule has 0 bridgehead atoms. The fraction of sp³-hybridized carbons (Fsp3) is 0.263. The quantitative estimate of drug-likeness (QED) is 0.797. The summed E-state index contributed by atoms with van der Waals surface area (Å²) in [6.45, 7) is 0. The van der Waals surface area contributed by atoms with Crippen LogP contribution < -0.4 is 9.64 Å². The summed E-state index contributed by atoms with van der Waals surface area (Å²) < 4.78 is 10.9. The average molecular weight is 323 g/mol. The predicted octanol–water partition coefficient (Wildman–Crippen LogP) is 2.60. The third kappa shape index (κ3) is 1.81. The smallest absolute Gasteiger partial charge is 0.308 e. The first-order valence-corrected chi connectivity index (χ1v) is 7.81. The molecule has 0 radical (unpaired) electrons. The second kappa shape index (κ2) is 5.09. The van der Waals surface area contributed by atoms with Crippen molar-refractivity contribution in [1.29, 1.82) is 0 Å². The minimum atomic E-state index is -1.27. The van der Waals surface area contributed by atoms with Crippen LogP contribution >= 0.6 is 0 Å². The molecule has 1 amide bonds. The van der Waals surface area contributed by atoms with E-state index in [0.717, 1.165) is 22.6 Å². The largest absolute Gasteiger partial charge is 0.497 e. The zero-order chi connectivity index (χ0) is 16.9. The Labute approximate surface area is 139 Å². The number of carbonyl (C=O) groups excluding carboxylic acids is 2. The van der Waals surface area contributed by atoms with Crippen molar-refractivity contribution in [3.8, 4) is 5.75 Å². The van der Waals surface area contributed by atoms with Crippen molar-refractivity contribution in [3.63, 3.8) is 0 Å². The van der Waals surface area contributed by atoms with Gasteiger partial charge in [0.05, 0.1) is 19.2 Å². The highest BCUT2D eigenvalue weighted by Crippen LogP contribution is 2.55. The number of esters is 1. The molecule has 0 aliphatic carbocycles. The molecule has 5 nitrogen and oxygen atoms in total. The van der Waals surface area contributed by atoms with Gasteiger partial charge < -0.3 is 14.4 Å². The zero-order valence-electron chi connectivity index (χ0n) is 13.5. The summed E-state index contributed by atoms with van der Waals surface area (Å²) in [6.07, 6.45) is 0.181. The maximum atomic E-state index is 13.1. The minimum Gasteiger partial charge on any atom is -0.497 e. The number of rotatable bonds is 2. The first kappa shape index (κ1) is 14.8. The lowest BCUT2D eigenvalue weighted by Gasteiger charge is -2.28. The molecular weight excluding hydrogens is 306 g/mol. The first-order valence-electron chi connectivity index (χ1n) is 7.81. The van der Waals surface area contributed by atoms with Crippen molar-refractivity contribution in [2.45, 2.75) is 17.9 Å². The van der Waals surface area contributed by atoms with E-state index in [0.29, 0.717) is 0 Å². The van der Waals surface area contributed by atoms with Crippen molar-refractivity contribution in [2.24, 2.45) is 0 Å². The Bertz CT molecular complexity index is 830. The first-order chi connectivity index (χ1) is 11.6. The van der Waals surface area contributed by atoms with Crippen molar-refractivity contribution in [3.05, 3.63) is 59.7 Å². The molecule has 0 saturated carbocycles. The normalized spacial score (nSPS) is 25.1. The Kier molecular flexibility index (Phi) is 3.13. The third-order valence-corrected chi connectivity index (χ3v) is 4.94. The monoisotopic (exact) mass is 323 g/mol. The summed E-state index contributed by atoms with van der Waals surface area (Å²) in [7, 11) is 3.32. The molecule has 1 saturated heterocycles. The number of hydrogen-bond donors (Lipinski definition) is 0. The van der Waals surface area contributed by atoms with Crippen LogP contribution in [-0.4, -0.2) is 26.0 Å². The third-order valence-electron chi connectivity index (χ3n) is 4.94. The van der Waals surface area contributed by atoms with Crippen LogP contribution in [0.15, 0.2) is 48.5 Å². The van der Waals surface area contributed by atoms with Crippen LogP contribution in [0.2, 0.25) is 0 Å². The highest BCUT2D eigenvalue weighted by Gasteiger charge is 2.62. The highest BCUT2D eigenvalue weighted by molar-refractivity contribution is 6.09. The van der Waals surface area contributed by atoms with Crippen LogP contribution in [0.3, 0.4) is 0 Å². The number of carbonyl (C=O) groups is 2. The number of amides is 1. The molecule has 0 aromatic heterocycles. The maximum absolute atomic E-state index is 13.1. The second-order valence-electron chi connectivity index (χ2n) is 6.12. The number of para-hydroxylation sites is 1. The van der Waals surface area contributed by atoms with Gasteiger partial charge in [-0.15, -0.1) is 0 Å². The van der Waals surface area contributed by atoms with Gasteiger partial charge in [0.25, 0.3) is 5.91 Å². The van der Waals surface area contributed by atoms with E-state index in [1.807, 2.05) is 48.5 Å². The van der Waals surface area contributed by atoms with Gasteiger partial charge in [-0.2, -0.15) is 0 Å². The molecule has 0 unspecified atom stereocenters. The maximum Gasteiger partial charge on any atom is 0.308 e. The molecule has 2 aliphatic rings. The molecule has 24 heavy (non-hydrogen) atoms.